The highest BCUT2D eigenvalue weighted by molar-refractivity contribution is 5.76. The minimum absolute atomic E-state index is 0.100. The number of rotatable bonds is 7. The Bertz CT molecular complexity index is 516. The molecule has 1 aromatic carbocycles. The number of benzene rings is 1. The molecule has 6 nitrogen and oxygen atoms in total. The summed E-state index contributed by atoms with van der Waals surface area (Å²) in [6.07, 6.45) is -0.0539. The van der Waals surface area contributed by atoms with Crippen LogP contribution in [0.15, 0.2) is 30.3 Å². The maximum atomic E-state index is 11.9. The SMILES string of the molecule is CC(C)(CNC(=O)CCOc1ccccc1)N1CCOC1=O. The molecule has 0 atom stereocenters. The average Bonchev–Trinajstić information content (AvgIpc) is 2.93. The second-order valence-electron chi connectivity index (χ2n) is 5.77. The van der Waals surface area contributed by atoms with Crippen LogP contribution in [0.1, 0.15) is 20.3 Å². The Morgan fingerprint density at radius 1 is 1.36 bits per heavy atom. The number of hydrogen-bond acceptors (Lipinski definition) is 4. The van der Waals surface area contributed by atoms with Gasteiger partial charge in [-0.05, 0) is 26.0 Å². The summed E-state index contributed by atoms with van der Waals surface area (Å²) in [5.74, 6) is 0.645. The molecule has 1 saturated heterocycles. The van der Waals surface area contributed by atoms with E-state index >= 15 is 0 Å². The van der Waals surface area contributed by atoms with Gasteiger partial charge in [0.2, 0.25) is 5.91 Å². The smallest absolute Gasteiger partial charge is 0.410 e. The lowest BCUT2D eigenvalue weighted by atomic mass is 10.0. The van der Waals surface area contributed by atoms with Crippen molar-refractivity contribution in [3.8, 4) is 5.75 Å². The predicted molar refractivity (Wildman–Crippen MR) is 81.7 cm³/mol. The Balaban J connectivity index is 1.70. The molecule has 1 N–H and O–H groups in total. The number of nitrogens with one attached hydrogen (secondary N) is 1. The first-order valence-electron chi connectivity index (χ1n) is 7.38. The van der Waals surface area contributed by atoms with E-state index in [0.717, 1.165) is 5.75 Å². The highest BCUT2D eigenvalue weighted by Crippen LogP contribution is 2.18. The molecule has 0 saturated carbocycles. The van der Waals surface area contributed by atoms with Crippen LogP contribution in [0.5, 0.6) is 5.75 Å². The zero-order chi connectivity index (χ0) is 16.0. The molecule has 0 aromatic heterocycles. The van der Waals surface area contributed by atoms with Gasteiger partial charge in [-0.3, -0.25) is 9.69 Å². The Morgan fingerprint density at radius 3 is 2.73 bits per heavy atom. The maximum Gasteiger partial charge on any atom is 0.410 e. The van der Waals surface area contributed by atoms with Gasteiger partial charge in [0, 0.05) is 6.54 Å². The summed E-state index contributed by atoms with van der Waals surface area (Å²) < 4.78 is 10.4. The number of hydrogen-bond donors (Lipinski definition) is 1. The zero-order valence-corrected chi connectivity index (χ0v) is 13.0. The summed E-state index contributed by atoms with van der Waals surface area (Å²) in [5, 5.41) is 2.84. The van der Waals surface area contributed by atoms with Crippen molar-refractivity contribution in [2.24, 2.45) is 0 Å². The van der Waals surface area contributed by atoms with E-state index in [-0.39, 0.29) is 18.4 Å². The van der Waals surface area contributed by atoms with E-state index in [2.05, 4.69) is 5.32 Å². The van der Waals surface area contributed by atoms with Gasteiger partial charge in [0.05, 0.1) is 25.1 Å². The second-order valence-corrected chi connectivity index (χ2v) is 5.77. The van der Waals surface area contributed by atoms with Crippen LogP contribution in [0.2, 0.25) is 0 Å². The third kappa shape index (κ3) is 4.38. The van der Waals surface area contributed by atoms with E-state index in [0.29, 0.717) is 26.3 Å². The Morgan fingerprint density at radius 2 is 2.09 bits per heavy atom. The van der Waals surface area contributed by atoms with E-state index in [4.69, 9.17) is 9.47 Å². The van der Waals surface area contributed by atoms with Gasteiger partial charge in [-0.2, -0.15) is 0 Å². The average molecular weight is 306 g/mol. The van der Waals surface area contributed by atoms with Crippen molar-refractivity contribution in [2.75, 3.05) is 26.3 Å². The lowest BCUT2D eigenvalue weighted by molar-refractivity contribution is -0.122. The number of carbonyl (C=O) groups is 2. The molecule has 1 aromatic rings. The van der Waals surface area contributed by atoms with Gasteiger partial charge in [0.25, 0.3) is 0 Å². The van der Waals surface area contributed by atoms with Gasteiger partial charge < -0.3 is 14.8 Å². The standard InChI is InChI=1S/C16H22N2O4/c1-16(2,18-9-11-22-15(18)20)12-17-14(19)8-10-21-13-6-4-3-5-7-13/h3-7H,8-12H2,1-2H3,(H,17,19). The third-order valence-electron chi connectivity index (χ3n) is 3.55. The van der Waals surface area contributed by atoms with Crippen LogP contribution in [-0.2, 0) is 9.53 Å². The topological polar surface area (TPSA) is 67.9 Å². The van der Waals surface area contributed by atoms with Crippen molar-refractivity contribution in [1.82, 2.24) is 10.2 Å². The fourth-order valence-corrected chi connectivity index (χ4v) is 2.22. The summed E-state index contributed by atoms with van der Waals surface area (Å²) in [6, 6.07) is 9.37. The number of amides is 2. The fourth-order valence-electron chi connectivity index (χ4n) is 2.22. The monoisotopic (exact) mass is 306 g/mol. The molecule has 0 bridgehead atoms. The molecule has 0 radical (unpaired) electrons. The van der Waals surface area contributed by atoms with Gasteiger partial charge in [-0.15, -0.1) is 0 Å². The molecule has 0 unspecified atom stereocenters. The molecule has 120 valence electrons. The molecular weight excluding hydrogens is 284 g/mol. The number of nitrogens with zero attached hydrogens (tertiary/aromatic N) is 1. The van der Waals surface area contributed by atoms with Crippen molar-refractivity contribution < 1.29 is 19.1 Å². The summed E-state index contributed by atoms with van der Waals surface area (Å²) in [5.41, 5.74) is -0.469. The van der Waals surface area contributed by atoms with Crippen molar-refractivity contribution in [3.05, 3.63) is 30.3 Å². The second kappa shape index (κ2) is 7.15. The van der Waals surface area contributed by atoms with E-state index in [1.807, 2.05) is 44.2 Å². The Labute approximate surface area is 130 Å². The molecule has 0 aliphatic carbocycles. The molecule has 1 aliphatic rings. The summed E-state index contributed by atoms with van der Waals surface area (Å²) in [6.45, 7) is 5.47. The van der Waals surface area contributed by atoms with Crippen LogP contribution in [0.4, 0.5) is 4.79 Å². The van der Waals surface area contributed by atoms with E-state index < -0.39 is 5.54 Å². The van der Waals surface area contributed by atoms with Crippen LogP contribution in [0.3, 0.4) is 0 Å². The van der Waals surface area contributed by atoms with Crippen LogP contribution in [-0.4, -0.2) is 48.7 Å². The first kappa shape index (κ1) is 16.1. The molecule has 2 amide bonds. The highest BCUT2D eigenvalue weighted by atomic mass is 16.6. The Kier molecular flexibility index (Phi) is 5.25. The number of carbonyl (C=O) groups excluding carboxylic acids is 2. The molecule has 1 heterocycles. The Hall–Kier alpha value is -2.24. The van der Waals surface area contributed by atoms with Crippen molar-refractivity contribution in [1.29, 1.82) is 0 Å². The highest BCUT2D eigenvalue weighted by Gasteiger charge is 2.35. The normalized spacial score (nSPS) is 14.6. The van der Waals surface area contributed by atoms with Gasteiger partial charge in [-0.1, -0.05) is 18.2 Å². The minimum Gasteiger partial charge on any atom is -0.493 e. The van der Waals surface area contributed by atoms with Crippen molar-refractivity contribution in [3.63, 3.8) is 0 Å². The van der Waals surface area contributed by atoms with Gasteiger partial charge in [0.1, 0.15) is 12.4 Å². The van der Waals surface area contributed by atoms with Crippen LogP contribution in [0.25, 0.3) is 0 Å². The minimum atomic E-state index is -0.469. The lowest BCUT2D eigenvalue weighted by Crippen LogP contribution is -2.52. The van der Waals surface area contributed by atoms with Gasteiger partial charge >= 0.3 is 6.09 Å². The first-order chi connectivity index (χ1) is 10.5. The van der Waals surface area contributed by atoms with Gasteiger partial charge in [-0.25, -0.2) is 4.79 Å². The maximum absolute atomic E-state index is 11.9. The summed E-state index contributed by atoms with van der Waals surface area (Å²) in [4.78, 5) is 25.0. The molecular formula is C16H22N2O4. The van der Waals surface area contributed by atoms with Crippen LogP contribution >= 0.6 is 0 Å². The molecule has 1 fully saturated rings. The van der Waals surface area contributed by atoms with E-state index in [1.165, 1.54) is 0 Å². The first-order valence-corrected chi connectivity index (χ1v) is 7.38. The fraction of sp³-hybridized carbons (Fsp3) is 0.500. The predicted octanol–water partition coefficient (Wildman–Crippen LogP) is 1.80. The molecule has 22 heavy (non-hydrogen) atoms. The van der Waals surface area contributed by atoms with Crippen LogP contribution < -0.4 is 10.1 Å². The van der Waals surface area contributed by atoms with Crippen LogP contribution in [0, 0.1) is 0 Å². The molecule has 6 heteroatoms. The quantitative estimate of drug-likeness (QED) is 0.834. The molecule has 2 rings (SSSR count). The molecule has 0 spiro atoms. The molecule has 1 aliphatic heterocycles. The van der Waals surface area contributed by atoms with E-state index in [9.17, 15) is 9.59 Å². The number of ether oxygens (including phenoxy) is 2. The number of cyclic esters (lactones) is 1. The summed E-state index contributed by atoms with van der Waals surface area (Å²) in [7, 11) is 0. The van der Waals surface area contributed by atoms with Gasteiger partial charge in [0.15, 0.2) is 0 Å². The summed E-state index contributed by atoms with van der Waals surface area (Å²) >= 11 is 0. The largest absolute Gasteiger partial charge is 0.493 e. The van der Waals surface area contributed by atoms with Crippen molar-refractivity contribution in [2.45, 2.75) is 25.8 Å². The van der Waals surface area contributed by atoms with E-state index in [1.54, 1.807) is 4.90 Å². The lowest BCUT2D eigenvalue weighted by Gasteiger charge is -2.33. The zero-order valence-electron chi connectivity index (χ0n) is 13.0. The van der Waals surface area contributed by atoms with Crippen molar-refractivity contribution >= 4 is 12.0 Å². The third-order valence-corrected chi connectivity index (χ3v) is 3.55. The number of para-hydroxylation sites is 1.